The van der Waals surface area contributed by atoms with Crippen LogP contribution in [0, 0.1) is 5.92 Å². The second-order valence-electron chi connectivity index (χ2n) is 6.11. The second-order valence-corrected chi connectivity index (χ2v) is 6.11. The summed E-state index contributed by atoms with van der Waals surface area (Å²) in [4.78, 5) is 26.7. The molecule has 0 aromatic carbocycles. The molecule has 1 aliphatic heterocycles. The SMILES string of the molecule is CCCC1NC(=O)C(C)(CC)N(CCC(C)C)C1=O. The normalized spacial score (nSPS) is 27.9. The van der Waals surface area contributed by atoms with Crippen molar-refractivity contribution in [2.24, 2.45) is 5.92 Å². The van der Waals surface area contributed by atoms with E-state index >= 15 is 0 Å². The average molecular weight is 268 g/mol. The van der Waals surface area contributed by atoms with E-state index in [1.165, 1.54) is 0 Å². The van der Waals surface area contributed by atoms with E-state index in [1.807, 2.05) is 25.7 Å². The van der Waals surface area contributed by atoms with E-state index < -0.39 is 5.54 Å². The Hall–Kier alpha value is -1.06. The molecule has 0 aliphatic carbocycles. The summed E-state index contributed by atoms with van der Waals surface area (Å²) in [5, 5.41) is 2.90. The van der Waals surface area contributed by atoms with E-state index in [9.17, 15) is 9.59 Å². The van der Waals surface area contributed by atoms with Crippen molar-refractivity contribution in [3.63, 3.8) is 0 Å². The molecule has 0 spiro atoms. The lowest BCUT2D eigenvalue weighted by molar-refractivity contribution is -0.157. The Balaban J connectivity index is 2.93. The highest BCUT2D eigenvalue weighted by Crippen LogP contribution is 2.27. The summed E-state index contributed by atoms with van der Waals surface area (Å²) < 4.78 is 0. The molecule has 2 unspecified atom stereocenters. The van der Waals surface area contributed by atoms with Crippen LogP contribution < -0.4 is 5.32 Å². The number of rotatable bonds is 6. The lowest BCUT2D eigenvalue weighted by Gasteiger charge is -2.46. The summed E-state index contributed by atoms with van der Waals surface area (Å²) in [6.45, 7) is 10.8. The summed E-state index contributed by atoms with van der Waals surface area (Å²) in [6, 6.07) is -0.329. The third kappa shape index (κ3) is 3.28. The van der Waals surface area contributed by atoms with Gasteiger partial charge in [-0.3, -0.25) is 9.59 Å². The lowest BCUT2D eigenvalue weighted by Crippen LogP contribution is -2.69. The third-order valence-electron chi connectivity index (χ3n) is 4.15. The monoisotopic (exact) mass is 268 g/mol. The first kappa shape index (κ1) is 16.0. The van der Waals surface area contributed by atoms with E-state index in [4.69, 9.17) is 0 Å². The molecule has 1 fully saturated rings. The van der Waals surface area contributed by atoms with Crippen LogP contribution in [0.25, 0.3) is 0 Å². The van der Waals surface area contributed by atoms with Gasteiger partial charge in [0, 0.05) is 6.54 Å². The van der Waals surface area contributed by atoms with Crippen LogP contribution >= 0.6 is 0 Å². The molecule has 110 valence electrons. The minimum atomic E-state index is -0.684. The first-order valence-corrected chi connectivity index (χ1v) is 7.49. The van der Waals surface area contributed by atoms with Crippen LogP contribution in [0.3, 0.4) is 0 Å². The van der Waals surface area contributed by atoms with E-state index in [2.05, 4.69) is 19.2 Å². The van der Waals surface area contributed by atoms with Gasteiger partial charge in [0.2, 0.25) is 11.8 Å². The molecule has 2 amide bonds. The predicted molar refractivity (Wildman–Crippen MR) is 76.7 cm³/mol. The smallest absolute Gasteiger partial charge is 0.246 e. The van der Waals surface area contributed by atoms with E-state index in [0.717, 1.165) is 19.3 Å². The van der Waals surface area contributed by atoms with E-state index in [1.54, 1.807) is 0 Å². The van der Waals surface area contributed by atoms with Crippen LogP contribution in [-0.4, -0.2) is 34.8 Å². The molecular weight excluding hydrogens is 240 g/mol. The number of carbonyl (C=O) groups excluding carboxylic acids is 2. The first-order valence-electron chi connectivity index (χ1n) is 7.49. The maximum atomic E-state index is 12.6. The van der Waals surface area contributed by atoms with Gasteiger partial charge in [0.25, 0.3) is 0 Å². The topological polar surface area (TPSA) is 49.4 Å². The van der Waals surface area contributed by atoms with Gasteiger partial charge in [0.15, 0.2) is 0 Å². The van der Waals surface area contributed by atoms with Crippen LogP contribution in [0.2, 0.25) is 0 Å². The highest BCUT2D eigenvalue weighted by atomic mass is 16.2. The minimum absolute atomic E-state index is 0.00296. The van der Waals surface area contributed by atoms with Gasteiger partial charge in [-0.05, 0) is 32.1 Å². The summed E-state index contributed by atoms with van der Waals surface area (Å²) in [6.07, 6.45) is 3.22. The molecule has 0 aromatic heterocycles. The van der Waals surface area contributed by atoms with Crippen molar-refractivity contribution < 1.29 is 9.59 Å². The molecule has 19 heavy (non-hydrogen) atoms. The number of hydrogen-bond donors (Lipinski definition) is 1. The highest BCUT2D eigenvalue weighted by molar-refractivity contribution is 5.99. The number of nitrogens with one attached hydrogen (secondary N) is 1. The fraction of sp³-hybridized carbons (Fsp3) is 0.867. The van der Waals surface area contributed by atoms with Gasteiger partial charge in [-0.25, -0.2) is 0 Å². The largest absolute Gasteiger partial charge is 0.342 e. The maximum Gasteiger partial charge on any atom is 0.246 e. The summed E-state index contributed by atoms with van der Waals surface area (Å²) in [5.41, 5.74) is -0.684. The van der Waals surface area contributed by atoms with Gasteiger partial charge in [-0.2, -0.15) is 0 Å². The number of piperazine rings is 1. The van der Waals surface area contributed by atoms with Crippen LogP contribution in [0.4, 0.5) is 0 Å². The Kier molecular flexibility index (Phi) is 5.39. The molecule has 4 heteroatoms. The summed E-state index contributed by atoms with van der Waals surface area (Å²) >= 11 is 0. The van der Waals surface area contributed by atoms with Crippen LogP contribution in [0.15, 0.2) is 0 Å². The average Bonchev–Trinajstić information content (AvgIpc) is 2.35. The molecule has 1 heterocycles. The van der Waals surface area contributed by atoms with Gasteiger partial charge in [0.05, 0.1) is 0 Å². The van der Waals surface area contributed by atoms with Gasteiger partial charge >= 0.3 is 0 Å². The standard InChI is InChI=1S/C15H28N2O2/c1-6-8-12-13(18)17(10-9-11(3)4)15(5,7-2)14(19)16-12/h11-12H,6-10H2,1-5H3,(H,16,19). The van der Waals surface area contributed by atoms with Crippen molar-refractivity contribution in [2.75, 3.05) is 6.54 Å². The van der Waals surface area contributed by atoms with Crippen LogP contribution in [-0.2, 0) is 9.59 Å². The molecule has 1 rings (SSSR count). The molecule has 1 aliphatic rings. The summed E-state index contributed by atoms with van der Waals surface area (Å²) in [5.74, 6) is 0.617. The van der Waals surface area contributed by atoms with Crippen molar-refractivity contribution in [3.8, 4) is 0 Å². The molecule has 4 nitrogen and oxygen atoms in total. The zero-order chi connectivity index (χ0) is 14.6. The first-order chi connectivity index (χ1) is 8.86. The molecule has 0 radical (unpaired) electrons. The maximum absolute atomic E-state index is 12.6. The molecular formula is C15H28N2O2. The highest BCUT2D eigenvalue weighted by Gasteiger charge is 2.47. The zero-order valence-corrected chi connectivity index (χ0v) is 13.0. The molecule has 2 atom stereocenters. The zero-order valence-electron chi connectivity index (χ0n) is 13.0. The van der Waals surface area contributed by atoms with Crippen LogP contribution in [0.1, 0.15) is 60.3 Å². The Morgan fingerprint density at radius 2 is 1.95 bits per heavy atom. The fourth-order valence-corrected chi connectivity index (χ4v) is 2.51. The van der Waals surface area contributed by atoms with E-state index in [-0.39, 0.29) is 17.9 Å². The Bertz CT molecular complexity index is 341. The molecule has 0 saturated carbocycles. The molecule has 1 N–H and O–H groups in total. The van der Waals surface area contributed by atoms with Gasteiger partial charge in [-0.15, -0.1) is 0 Å². The van der Waals surface area contributed by atoms with Crippen LogP contribution in [0.5, 0.6) is 0 Å². The van der Waals surface area contributed by atoms with Gasteiger partial charge in [0.1, 0.15) is 11.6 Å². The second kappa shape index (κ2) is 6.40. The number of amides is 2. The number of hydrogen-bond acceptors (Lipinski definition) is 2. The van der Waals surface area contributed by atoms with Crippen molar-refractivity contribution >= 4 is 11.8 Å². The fourth-order valence-electron chi connectivity index (χ4n) is 2.51. The Labute approximate surface area is 116 Å². The molecule has 1 saturated heterocycles. The quantitative estimate of drug-likeness (QED) is 0.803. The molecule has 0 aromatic rings. The van der Waals surface area contributed by atoms with Gasteiger partial charge in [-0.1, -0.05) is 34.1 Å². The van der Waals surface area contributed by atoms with Crippen molar-refractivity contribution in [3.05, 3.63) is 0 Å². The molecule has 0 bridgehead atoms. The minimum Gasteiger partial charge on any atom is -0.342 e. The van der Waals surface area contributed by atoms with Crippen molar-refractivity contribution in [2.45, 2.75) is 71.9 Å². The third-order valence-corrected chi connectivity index (χ3v) is 4.15. The summed E-state index contributed by atoms with van der Waals surface area (Å²) in [7, 11) is 0. The number of nitrogens with zero attached hydrogens (tertiary/aromatic N) is 1. The van der Waals surface area contributed by atoms with Crippen molar-refractivity contribution in [1.82, 2.24) is 10.2 Å². The Morgan fingerprint density at radius 1 is 1.32 bits per heavy atom. The van der Waals surface area contributed by atoms with Gasteiger partial charge < -0.3 is 10.2 Å². The van der Waals surface area contributed by atoms with E-state index in [0.29, 0.717) is 18.9 Å². The van der Waals surface area contributed by atoms with Crippen molar-refractivity contribution in [1.29, 1.82) is 0 Å². The number of carbonyl (C=O) groups is 2. The predicted octanol–water partition coefficient (Wildman–Crippen LogP) is 2.33. The lowest BCUT2D eigenvalue weighted by atomic mass is 9.89. The Morgan fingerprint density at radius 3 is 2.42 bits per heavy atom.